The second kappa shape index (κ2) is 3.51. The van der Waals surface area contributed by atoms with Gasteiger partial charge in [0.2, 0.25) is 0 Å². The number of rotatable bonds is 2. The number of hydrogen-bond donors (Lipinski definition) is 2. The summed E-state index contributed by atoms with van der Waals surface area (Å²) in [5, 5.41) is 17.3. The number of nitrogens with one attached hydrogen (secondary N) is 1. The lowest BCUT2D eigenvalue weighted by molar-refractivity contribution is 0.0992. The summed E-state index contributed by atoms with van der Waals surface area (Å²) in [7, 11) is 0. The van der Waals surface area contributed by atoms with E-state index in [4.69, 9.17) is 10.6 Å². The van der Waals surface area contributed by atoms with Crippen LogP contribution in [0.2, 0.25) is 0 Å². The average molecular weight is 167 g/mol. The molecule has 7 nitrogen and oxygen atoms in total. The quantitative estimate of drug-likeness (QED) is 0.376. The third kappa shape index (κ3) is 1.42. The SMILES string of the molecule is [N-]=[N+]=NC(=O)c1[nH]ncc1CO. The summed E-state index contributed by atoms with van der Waals surface area (Å²) in [5.41, 5.74) is 8.28. The Morgan fingerprint density at radius 3 is 3.25 bits per heavy atom. The van der Waals surface area contributed by atoms with Gasteiger partial charge in [0.1, 0.15) is 5.69 Å². The lowest BCUT2D eigenvalue weighted by atomic mass is 10.2. The van der Waals surface area contributed by atoms with Gasteiger partial charge in [-0.15, -0.1) is 0 Å². The van der Waals surface area contributed by atoms with E-state index in [1.165, 1.54) is 6.20 Å². The van der Waals surface area contributed by atoms with Gasteiger partial charge in [0.15, 0.2) is 0 Å². The molecule has 0 aliphatic carbocycles. The van der Waals surface area contributed by atoms with Crippen molar-refractivity contribution in [3.63, 3.8) is 0 Å². The zero-order valence-electron chi connectivity index (χ0n) is 5.93. The molecule has 1 rings (SSSR count). The second-order valence-corrected chi connectivity index (χ2v) is 1.92. The number of azide groups is 1. The molecule has 1 aromatic heterocycles. The predicted octanol–water partition coefficient (Wildman–Crippen LogP) is 0.353. The highest BCUT2D eigenvalue weighted by Crippen LogP contribution is 2.05. The Morgan fingerprint density at radius 1 is 1.92 bits per heavy atom. The minimum atomic E-state index is -0.779. The maximum atomic E-state index is 10.9. The first-order valence-corrected chi connectivity index (χ1v) is 3.02. The Morgan fingerprint density at radius 2 is 2.67 bits per heavy atom. The first kappa shape index (κ1) is 8.25. The van der Waals surface area contributed by atoms with Gasteiger partial charge in [-0.3, -0.25) is 9.89 Å². The minimum Gasteiger partial charge on any atom is -0.392 e. The molecule has 0 aliphatic rings. The standard InChI is InChI=1S/C5H5N5O2/c6-10-9-5(12)4-3(2-11)1-7-8-4/h1,11H,2H2,(H,7,8). The van der Waals surface area contributed by atoms with Gasteiger partial charge in [-0.1, -0.05) is 0 Å². The zero-order chi connectivity index (χ0) is 8.97. The number of nitrogens with zero attached hydrogens (tertiary/aromatic N) is 4. The first-order valence-electron chi connectivity index (χ1n) is 3.02. The molecular formula is C5H5N5O2. The summed E-state index contributed by atoms with van der Waals surface area (Å²) in [6.07, 6.45) is 1.29. The number of aromatic nitrogens is 2. The topological polar surface area (TPSA) is 115 Å². The summed E-state index contributed by atoms with van der Waals surface area (Å²) < 4.78 is 0. The fourth-order valence-corrected chi connectivity index (χ4v) is 0.707. The molecule has 0 bridgehead atoms. The third-order valence-corrected chi connectivity index (χ3v) is 1.24. The van der Waals surface area contributed by atoms with E-state index in [-0.39, 0.29) is 12.3 Å². The third-order valence-electron chi connectivity index (χ3n) is 1.24. The number of aliphatic hydroxyl groups excluding tert-OH is 1. The monoisotopic (exact) mass is 167 g/mol. The highest BCUT2D eigenvalue weighted by molar-refractivity contribution is 5.94. The van der Waals surface area contributed by atoms with Crippen molar-refractivity contribution in [1.82, 2.24) is 10.2 Å². The van der Waals surface area contributed by atoms with Crippen molar-refractivity contribution in [2.24, 2.45) is 5.11 Å². The summed E-state index contributed by atoms with van der Waals surface area (Å²) in [6.45, 7) is -0.321. The van der Waals surface area contributed by atoms with Crippen LogP contribution in [0.1, 0.15) is 16.1 Å². The molecule has 0 saturated heterocycles. The largest absolute Gasteiger partial charge is 0.392 e. The first-order chi connectivity index (χ1) is 5.79. The molecule has 62 valence electrons. The lowest BCUT2D eigenvalue weighted by Crippen LogP contribution is -1.98. The number of aliphatic hydroxyl groups is 1. The normalized spacial score (nSPS) is 9.08. The van der Waals surface area contributed by atoms with E-state index in [1.54, 1.807) is 0 Å². The van der Waals surface area contributed by atoms with Crippen molar-refractivity contribution in [2.75, 3.05) is 0 Å². The molecular weight excluding hydrogens is 162 g/mol. The molecule has 0 unspecified atom stereocenters. The smallest absolute Gasteiger partial charge is 0.267 e. The van der Waals surface area contributed by atoms with Gasteiger partial charge >= 0.3 is 0 Å². The maximum absolute atomic E-state index is 10.9. The zero-order valence-corrected chi connectivity index (χ0v) is 5.93. The van der Waals surface area contributed by atoms with Crippen LogP contribution < -0.4 is 0 Å². The molecule has 2 N–H and O–H groups in total. The van der Waals surface area contributed by atoms with Crippen molar-refractivity contribution in [2.45, 2.75) is 6.61 Å². The van der Waals surface area contributed by atoms with Gasteiger partial charge in [-0.05, 0) is 10.6 Å². The van der Waals surface area contributed by atoms with Crippen molar-refractivity contribution >= 4 is 5.91 Å². The second-order valence-electron chi connectivity index (χ2n) is 1.92. The van der Waals surface area contributed by atoms with Crippen molar-refractivity contribution in [3.8, 4) is 0 Å². The van der Waals surface area contributed by atoms with Gasteiger partial charge in [-0.25, -0.2) is 0 Å². The number of carbonyl (C=O) groups is 1. The van der Waals surface area contributed by atoms with E-state index >= 15 is 0 Å². The Hall–Kier alpha value is -1.85. The molecule has 7 heteroatoms. The van der Waals surface area contributed by atoms with E-state index in [0.717, 1.165) is 0 Å². The molecule has 0 aromatic carbocycles. The molecule has 0 saturated carbocycles. The van der Waals surface area contributed by atoms with Crippen LogP contribution in [-0.4, -0.2) is 21.2 Å². The number of H-pyrrole nitrogens is 1. The van der Waals surface area contributed by atoms with E-state index in [0.29, 0.717) is 5.56 Å². The van der Waals surface area contributed by atoms with E-state index in [9.17, 15) is 4.79 Å². The molecule has 1 amide bonds. The number of carbonyl (C=O) groups excluding carboxylic acids is 1. The van der Waals surface area contributed by atoms with Gasteiger partial charge in [-0.2, -0.15) is 5.10 Å². The molecule has 1 aromatic rings. The Labute approximate surface area is 66.6 Å². The van der Waals surface area contributed by atoms with Crippen LogP contribution in [0.25, 0.3) is 10.4 Å². The fraction of sp³-hybridized carbons (Fsp3) is 0.200. The van der Waals surface area contributed by atoms with E-state index in [2.05, 4.69) is 20.2 Å². The highest BCUT2D eigenvalue weighted by atomic mass is 16.3. The van der Waals surface area contributed by atoms with Gasteiger partial charge in [0.25, 0.3) is 5.91 Å². The van der Waals surface area contributed by atoms with Crippen LogP contribution in [0.15, 0.2) is 11.3 Å². The Balaban J connectivity index is 3.01. The maximum Gasteiger partial charge on any atom is 0.267 e. The highest BCUT2D eigenvalue weighted by Gasteiger charge is 2.10. The molecule has 0 fully saturated rings. The molecule has 0 radical (unpaired) electrons. The van der Waals surface area contributed by atoms with Crippen molar-refractivity contribution in [1.29, 1.82) is 0 Å². The van der Waals surface area contributed by atoms with Crippen LogP contribution >= 0.6 is 0 Å². The number of amides is 1. The van der Waals surface area contributed by atoms with Crippen LogP contribution in [0.3, 0.4) is 0 Å². The van der Waals surface area contributed by atoms with Crippen molar-refractivity contribution < 1.29 is 9.90 Å². The van der Waals surface area contributed by atoms with Gasteiger partial charge in [0, 0.05) is 10.5 Å². The summed E-state index contributed by atoms with van der Waals surface area (Å²) in [5.74, 6) is -0.779. The molecule has 0 atom stereocenters. The van der Waals surface area contributed by atoms with Gasteiger partial charge in [0.05, 0.1) is 12.8 Å². The number of aromatic amines is 1. The van der Waals surface area contributed by atoms with Crippen LogP contribution in [-0.2, 0) is 6.61 Å². The van der Waals surface area contributed by atoms with Crippen LogP contribution in [0, 0.1) is 0 Å². The average Bonchev–Trinajstić information content (AvgIpc) is 2.51. The van der Waals surface area contributed by atoms with Crippen LogP contribution in [0.5, 0.6) is 0 Å². The minimum absolute atomic E-state index is 0.0234. The number of hydrogen-bond acceptors (Lipinski definition) is 3. The Bertz CT molecular complexity index is 337. The summed E-state index contributed by atoms with van der Waals surface area (Å²) in [6, 6.07) is 0. The molecule has 0 spiro atoms. The summed E-state index contributed by atoms with van der Waals surface area (Å²) in [4.78, 5) is 13.2. The lowest BCUT2D eigenvalue weighted by Gasteiger charge is -1.91. The molecule has 1 heterocycles. The fourth-order valence-electron chi connectivity index (χ4n) is 0.707. The van der Waals surface area contributed by atoms with Crippen LogP contribution in [0.4, 0.5) is 0 Å². The van der Waals surface area contributed by atoms with Crippen molar-refractivity contribution in [3.05, 3.63) is 27.9 Å². The van der Waals surface area contributed by atoms with E-state index in [1.807, 2.05) is 0 Å². The predicted molar refractivity (Wildman–Crippen MR) is 38.0 cm³/mol. The van der Waals surface area contributed by atoms with Gasteiger partial charge < -0.3 is 5.11 Å². The van der Waals surface area contributed by atoms with E-state index < -0.39 is 5.91 Å². The molecule has 0 aliphatic heterocycles. The Kier molecular flexibility index (Phi) is 2.42. The molecule has 12 heavy (non-hydrogen) atoms. The summed E-state index contributed by atoms with van der Waals surface area (Å²) >= 11 is 0.